The number of rotatable bonds is 5. The SMILES string of the molecule is N=CC(=CN)c1ccc2nc(NCc3ccncc3)cnc2c1. The Balaban J connectivity index is 1.82. The van der Waals surface area contributed by atoms with E-state index in [0.717, 1.165) is 22.2 Å². The Hall–Kier alpha value is -3.28. The first-order valence-corrected chi connectivity index (χ1v) is 7.12. The van der Waals surface area contributed by atoms with Crippen LogP contribution in [0.1, 0.15) is 11.1 Å². The molecule has 0 aliphatic carbocycles. The monoisotopic (exact) mass is 304 g/mol. The van der Waals surface area contributed by atoms with Crippen molar-refractivity contribution in [3.05, 3.63) is 66.2 Å². The maximum absolute atomic E-state index is 7.35. The quantitative estimate of drug-likeness (QED) is 0.629. The van der Waals surface area contributed by atoms with Crippen LogP contribution in [0.25, 0.3) is 16.6 Å². The molecule has 6 heteroatoms. The maximum atomic E-state index is 7.35. The van der Waals surface area contributed by atoms with E-state index in [1.165, 1.54) is 12.4 Å². The predicted octanol–water partition coefficient (Wildman–Crippen LogP) is 2.59. The lowest BCUT2D eigenvalue weighted by molar-refractivity contribution is 1.09. The van der Waals surface area contributed by atoms with Crippen LogP contribution >= 0.6 is 0 Å². The van der Waals surface area contributed by atoms with E-state index in [0.29, 0.717) is 17.9 Å². The van der Waals surface area contributed by atoms with Gasteiger partial charge in [0.2, 0.25) is 0 Å². The van der Waals surface area contributed by atoms with Crippen molar-refractivity contribution < 1.29 is 0 Å². The number of nitrogens with zero attached hydrogens (tertiary/aromatic N) is 3. The molecular formula is C17H16N6. The topological polar surface area (TPSA) is 101 Å². The minimum atomic E-state index is 0.647. The maximum Gasteiger partial charge on any atom is 0.145 e. The first-order valence-electron chi connectivity index (χ1n) is 7.12. The molecule has 114 valence electrons. The Labute approximate surface area is 133 Å². The first-order chi connectivity index (χ1) is 11.3. The zero-order chi connectivity index (χ0) is 16.1. The molecule has 6 nitrogen and oxygen atoms in total. The number of hydrogen-bond acceptors (Lipinski definition) is 6. The summed E-state index contributed by atoms with van der Waals surface area (Å²) in [4.78, 5) is 13.0. The number of benzene rings is 1. The molecule has 0 fully saturated rings. The third-order valence-corrected chi connectivity index (χ3v) is 3.43. The summed E-state index contributed by atoms with van der Waals surface area (Å²) in [5.41, 5.74) is 9.69. The fraction of sp³-hybridized carbons (Fsp3) is 0.0588. The molecule has 0 amide bonds. The highest BCUT2D eigenvalue weighted by Gasteiger charge is 2.04. The van der Waals surface area contributed by atoms with Crippen LogP contribution in [0.2, 0.25) is 0 Å². The van der Waals surface area contributed by atoms with Crippen LogP contribution in [0, 0.1) is 5.41 Å². The van der Waals surface area contributed by atoms with Crippen LogP contribution in [0.3, 0.4) is 0 Å². The van der Waals surface area contributed by atoms with Gasteiger partial charge in [-0.25, -0.2) is 4.98 Å². The molecule has 2 aromatic heterocycles. The number of nitrogens with two attached hydrogens (primary N) is 1. The molecule has 0 saturated heterocycles. The third-order valence-electron chi connectivity index (χ3n) is 3.43. The zero-order valence-electron chi connectivity index (χ0n) is 12.4. The summed E-state index contributed by atoms with van der Waals surface area (Å²) < 4.78 is 0. The number of hydrogen-bond donors (Lipinski definition) is 3. The molecule has 0 aliphatic heterocycles. The lowest BCUT2D eigenvalue weighted by Crippen LogP contribution is -2.02. The molecule has 0 spiro atoms. The van der Waals surface area contributed by atoms with Crippen LogP contribution in [-0.4, -0.2) is 21.2 Å². The second-order valence-corrected chi connectivity index (χ2v) is 4.93. The molecule has 23 heavy (non-hydrogen) atoms. The number of fused-ring (bicyclic) bond motifs is 1. The standard InChI is InChI=1S/C17H16N6/c18-8-14(9-19)13-1-2-15-16(7-13)21-11-17(23-15)22-10-12-3-5-20-6-4-12/h1-9,11,18H,10,19H2,(H,22,23). The molecule has 3 aromatic rings. The summed E-state index contributed by atoms with van der Waals surface area (Å²) in [7, 11) is 0. The molecule has 4 N–H and O–H groups in total. The molecule has 3 rings (SSSR count). The predicted molar refractivity (Wildman–Crippen MR) is 92.0 cm³/mol. The molecule has 0 unspecified atom stereocenters. The van der Waals surface area contributed by atoms with Gasteiger partial charge in [0.15, 0.2) is 0 Å². The van der Waals surface area contributed by atoms with Crippen LogP contribution < -0.4 is 11.1 Å². The Kier molecular flexibility index (Phi) is 4.24. The van der Waals surface area contributed by atoms with E-state index in [1.54, 1.807) is 18.6 Å². The van der Waals surface area contributed by atoms with Crippen molar-refractivity contribution in [1.29, 1.82) is 5.41 Å². The van der Waals surface area contributed by atoms with Crippen molar-refractivity contribution in [1.82, 2.24) is 15.0 Å². The number of allylic oxidation sites excluding steroid dienone is 1. The minimum Gasteiger partial charge on any atom is -0.404 e. The van der Waals surface area contributed by atoms with Crippen LogP contribution in [0.15, 0.2) is 55.1 Å². The van der Waals surface area contributed by atoms with Gasteiger partial charge in [-0.2, -0.15) is 0 Å². The van der Waals surface area contributed by atoms with Gasteiger partial charge in [-0.05, 0) is 35.4 Å². The van der Waals surface area contributed by atoms with Crippen molar-refractivity contribution in [3.8, 4) is 0 Å². The number of pyridine rings is 1. The summed E-state index contributed by atoms with van der Waals surface area (Å²) in [5.74, 6) is 0.712. The molecular weight excluding hydrogens is 288 g/mol. The van der Waals surface area contributed by atoms with E-state index >= 15 is 0 Å². The van der Waals surface area contributed by atoms with Gasteiger partial charge in [-0.15, -0.1) is 0 Å². The van der Waals surface area contributed by atoms with Gasteiger partial charge in [-0.1, -0.05) is 6.07 Å². The Morgan fingerprint density at radius 1 is 1.17 bits per heavy atom. The largest absolute Gasteiger partial charge is 0.404 e. The lowest BCUT2D eigenvalue weighted by Gasteiger charge is -2.07. The molecule has 1 aromatic carbocycles. The molecule has 0 saturated carbocycles. The van der Waals surface area contributed by atoms with Crippen molar-refractivity contribution in [2.75, 3.05) is 5.32 Å². The van der Waals surface area contributed by atoms with E-state index in [4.69, 9.17) is 11.1 Å². The summed E-state index contributed by atoms with van der Waals surface area (Å²) in [5, 5.41) is 10.6. The fourth-order valence-electron chi connectivity index (χ4n) is 2.20. The van der Waals surface area contributed by atoms with Crippen molar-refractivity contribution in [2.24, 2.45) is 5.73 Å². The van der Waals surface area contributed by atoms with Crippen molar-refractivity contribution in [2.45, 2.75) is 6.54 Å². The molecule has 0 aliphatic rings. The minimum absolute atomic E-state index is 0.647. The highest BCUT2D eigenvalue weighted by Crippen LogP contribution is 2.18. The zero-order valence-corrected chi connectivity index (χ0v) is 12.4. The average molecular weight is 304 g/mol. The van der Waals surface area contributed by atoms with Gasteiger partial charge < -0.3 is 16.5 Å². The molecule has 0 bridgehead atoms. The Morgan fingerprint density at radius 3 is 2.74 bits per heavy atom. The van der Waals surface area contributed by atoms with Crippen LogP contribution in [-0.2, 0) is 6.54 Å². The first kappa shape index (κ1) is 14.6. The van der Waals surface area contributed by atoms with Crippen molar-refractivity contribution in [3.63, 3.8) is 0 Å². The molecule has 0 radical (unpaired) electrons. The Bertz CT molecular complexity index is 857. The average Bonchev–Trinajstić information content (AvgIpc) is 2.62. The van der Waals surface area contributed by atoms with Gasteiger partial charge in [-0.3, -0.25) is 9.97 Å². The van der Waals surface area contributed by atoms with E-state index in [1.807, 2.05) is 30.3 Å². The molecule has 0 atom stereocenters. The summed E-state index contributed by atoms with van der Waals surface area (Å²) >= 11 is 0. The van der Waals surface area contributed by atoms with E-state index < -0.39 is 0 Å². The van der Waals surface area contributed by atoms with Gasteiger partial charge in [0.05, 0.1) is 17.2 Å². The number of nitrogens with one attached hydrogen (secondary N) is 2. The summed E-state index contributed by atoms with van der Waals surface area (Å²) in [6, 6.07) is 9.53. The van der Waals surface area contributed by atoms with Gasteiger partial charge in [0.1, 0.15) is 5.82 Å². The number of anilines is 1. The van der Waals surface area contributed by atoms with Crippen LogP contribution in [0.5, 0.6) is 0 Å². The van der Waals surface area contributed by atoms with Gasteiger partial charge in [0.25, 0.3) is 0 Å². The van der Waals surface area contributed by atoms with Gasteiger partial charge in [0, 0.05) is 36.9 Å². The summed E-state index contributed by atoms with van der Waals surface area (Å²) in [6.45, 7) is 0.661. The molecule has 2 heterocycles. The van der Waals surface area contributed by atoms with Crippen molar-refractivity contribution >= 4 is 28.6 Å². The highest BCUT2D eigenvalue weighted by molar-refractivity contribution is 6.08. The summed E-state index contributed by atoms with van der Waals surface area (Å²) in [6.07, 6.45) is 7.85. The smallest absolute Gasteiger partial charge is 0.145 e. The second kappa shape index (κ2) is 6.65. The van der Waals surface area contributed by atoms with Crippen LogP contribution in [0.4, 0.5) is 5.82 Å². The van der Waals surface area contributed by atoms with E-state index in [2.05, 4.69) is 20.3 Å². The lowest BCUT2D eigenvalue weighted by atomic mass is 10.1. The van der Waals surface area contributed by atoms with E-state index in [9.17, 15) is 0 Å². The van der Waals surface area contributed by atoms with Gasteiger partial charge >= 0.3 is 0 Å². The highest BCUT2D eigenvalue weighted by atomic mass is 15.0. The third kappa shape index (κ3) is 3.32. The van der Waals surface area contributed by atoms with E-state index in [-0.39, 0.29) is 0 Å². The number of aromatic nitrogens is 3. The normalized spacial score (nSPS) is 11.4. The fourth-order valence-corrected chi connectivity index (χ4v) is 2.20. The Morgan fingerprint density at radius 2 is 2.00 bits per heavy atom. The second-order valence-electron chi connectivity index (χ2n) is 4.93.